The molecule has 4 aromatic rings. The Kier molecular flexibility index (Phi) is 6.81. The van der Waals surface area contributed by atoms with Crippen LogP contribution >= 0.6 is 0 Å². The molecule has 0 fully saturated rings. The maximum absolute atomic E-state index is 12.8. The molecule has 0 saturated carbocycles. The number of carboxylic acids is 1. The largest absolute Gasteiger partial charge is 0.488 e. The van der Waals surface area contributed by atoms with Gasteiger partial charge in [-0.1, -0.05) is 78.9 Å². The van der Waals surface area contributed by atoms with Crippen LogP contribution in [-0.2, 0) is 16.0 Å². The van der Waals surface area contributed by atoms with Gasteiger partial charge in [-0.3, -0.25) is 0 Å². The van der Waals surface area contributed by atoms with Gasteiger partial charge in [-0.2, -0.15) is 0 Å². The second-order valence-corrected chi connectivity index (χ2v) is 10.5. The molecule has 6 nitrogen and oxygen atoms in total. The second-order valence-electron chi connectivity index (χ2n) is 10.5. The van der Waals surface area contributed by atoms with E-state index in [0.717, 1.165) is 44.3 Å². The SMILES string of the molecule is CC(C)(C)Oc1ccc(C[C@H](NC(=O)OCC2c3ccccc3-c3ccccc32)C(=O)O)c2ccccc12. The van der Waals surface area contributed by atoms with Crippen LogP contribution in [-0.4, -0.2) is 35.4 Å². The number of alkyl carbamates (subject to hydrolysis) is 1. The molecule has 0 heterocycles. The molecule has 38 heavy (non-hydrogen) atoms. The van der Waals surface area contributed by atoms with Crippen LogP contribution < -0.4 is 10.1 Å². The number of hydrogen-bond acceptors (Lipinski definition) is 4. The minimum Gasteiger partial charge on any atom is -0.488 e. The van der Waals surface area contributed by atoms with Crippen molar-refractivity contribution >= 4 is 22.8 Å². The van der Waals surface area contributed by atoms with Crippen molar-refractivity contribution in [1.29, 1.82) is 0 Å². The van der Waals surface area contributed by atoms with Gasteiger partial charge in [0.1, 0.15) is 24.0 Å². The Morgan fingerprint density at radius 2 is 1.42 bits per heavy atom. The summed E-state index contributed by atoms with van der Waals surface area (Å²) in [5.41, 5.74) is 4.88. The highest BCUT2D eigenvalue weighted by Crippen LogP contribution is 2.44. The Hall–Kier alpha value is -4.32. The summed E-state index contributed by atoms with van der Waals surface area (Å²) < 4.78 is 11.7. The summed E-state index contributed by atoms with van der Waals surface area (Å²) in [5.74, 6) is -0.499. The zero-order chi connectivity index (χ0) is 26.9. The molecule has 1 amide bonds. The Morgan fingerprint density at radius 3 is 2.03 bits per heavy atom. The molecular formula is C32H31NO5. The number of ether oxygens (including phenoxy) is 2. The highest BCUT2D eigenvalue weighted by Gasteiger charge is 2.30. The number of hydrogen-bond donors (Lipinski definition) is 2. The first-order valence-electron chi connectivity index (χ1n) is 12.8. The first kappa shape index (κ1) is 25.3. The van der Waals surface area contributed by atoms with Crippen LogP contribution in [0.2, 0.25) is 0 Å². The number of amides is 1. The Morgan fingerprint density at radius 1 is 0.842 bits per heavy atom. The first-order chi connectivity index (χ1) is 18.2. The molecule has 1 aliphatic carbocycles. The highest BCUT2D eigenvalue weighted by molar-refractivity contribution is 5.92. The van der Waals surface area contributed by atoms with E-state index in [9.17, 15) is 14.7 Å². The molecule has 0 bridgehead atoms. The van der Waals surface area contributed by atoms with Crippen LogP contribution in [0.25, 0.3) is 21.9 Å². The number of aliphatic carboxylic acids is 1. The number of nitrogens with one attached hydrogen (secondary N) is 1. The van der Waals surface area contributed by atoms with Gasteiger partial charge in [0.05, 0.1) is 0 Å². The molecule has 0 radical (unpaired) electrons. The summed E-state index contributed by atoms with van der Waals surface area (Å²) in [5, 5.41) is 14.2. The normalized spacial score (nSPS) is 13.4. The number of rotatable bonds is 7. The molecule has 0 aromatic heterocycles. The summed E-state index contributed by atoms with van der Waals surface area (Å²) >= 11 is 0. The maximum Gasteiger partial charge on any atom is 0.407 e. The van der Waals surface area contributed by atoms with E-state index >= 15 is 0 Å². The molecular weight excluding hydrogens is 478 g/mol. The van der Waals surface area contributed by atoms with E-state index in [1.165, 1.54) is 0 Å². The van der Waals surface area contributed by atoms with Gasteiger partial charge in [-0.25, -0.2) is 9.59 Å². The van der Waals surface area contributed by atoms with Crippen LogP contribution in [0.5, 0.6) is 5.75 Å². The van der Waals surface area contributed by atoms with Crippen LogP contribution in [0.15, 0.2) is 84.9 Å². The van der Waals surface area contributed by atoms with Crippen LogP contribution in [0, 0.1) is 0 Å². The van der Waals surface area contributed by atoms with Crippen molar-refractivity contribution in [3.8, 4) is 16.9 Å². The molecule has 6 heteroatoms. The van der Waals surface area contributed by atoms with E-state index in [0.29, 0.717) is 0 Å². The molecule has 4 aromatic carbocycles. The topological polar surface area (TPSA) is 84.9 Å². The Balaban J connectivity index is 1.31. The monoisotopic (exact) mass is 509 g/mol. The number of carbonyl (C=O) groups is 2. The number of carbonyl (C=O) groups excluding carboxylic acids is 1. The molecule has 2 N–H and O–H groups in total. The molecule has 1 atom stereocenters. The van der Waals surface area contributed by atoms with Gasteiger partial charge < -0.3 is 19.9 Å². The lowest BCUT2D eigenvalue weighted by Crippen LogP contribution is -2.43. The minimum absolute atomic E-state index is 0.101. The standard InChI is InChI=1S/C32H31NO5/c1-32(2,3)38-29-17-16-20(21-10-4-9-15-26(21)29)18-28(30(34)35)33-31(36)37-19-27-24-13-7-5-11-22(24)23-12-6-8-14-25(23)27/h4-17,27-28H,18-19H2,1-3H3,(H,33,36)(H,34,35)/t28-/m0/s1. The number of carboxylic acid groups (broad SMARTS) is 1. The molecule has 0 aliphatic heterocycles. The van der Waals surface area contributed by atoms with Crippen molar-refractivity contribution in [1.82, 2.24) is 5.32 Å². The lowest BCUT2D eigenvalue weighted by atomic mass is 9.97. The van der Waals surface area contributed by atoms with E-state index in [1.807, 2.05) is 93.6 Å². The molecule has 5 rings (SSSR count). The van der Waals surface area contributed by atoms with E-state index in [-0.39, 0.29) is 24.5 Å². The maximum atomic E-state index is 12.8. The smallest absolute Gasteiger partial charge is 0.407 e. The zero-order valence-corrected chi connectivity index (χ0v) is 21.7. The van der Waals surface area contributed by atoms with Gasteiger partial charge >= 0.3 is 12.1 Å². The van der Waals surface area contributed by atoms with Crippen LogP contribution in [0.1, 0.15) is 43.4 Å². The van der Waals surface area contributed by atoms with E-state index < -0.39 is 18.1 Å². The van der Waals surface area contributed by atoms with Gasteiger partial charge in [0.15, 0.2) is 0 Å². The predicted octanol–water partition coefficient (Wildman–Crippen LogP) is 6.55. The summed E-state index contributed by atoms with van der Waals surface area (Å²) in [6, 6.07) is 26.4. The van der Waals surface area contributed by atoms with Crippen molar-refractivity contribution in [2.75, 3.05) is 6.61 Å². The third-order valence-electron chi connectivity index (χ3n) is 6.75. The fourth-order valence-corrected chi connectivity index (χ4v) is 5.13. The molecule has 0 saturated heterocycles. The summed E-state index contributed by atoms with van der Waals surface area (Å²) in [7, 11) is 0. The van der Waals surface area contributed by atoms with Gasteiger partial charge in [0.2, 0.25) is 0 Å². The van der Waals surface area contributed by atoms with Crippen molar-refractivity contribution in [2.45, 2.75) is 44.8 Å². The molecule has 0 spiro atoms. The van der Waals surface area contributed by atoms with Gasteiger partial charge in [0.25, 0.3) is 0 Å². The lowest BCUT2D eigenvalue weighted by Gasteiger charge is -2.23. The van der Waals surface area contributed by atoms with Crippen molar-refractivity contribution in [2.24, 2.45) is 0 Å². The number of fused-ring (bicyclic) bond motifs is 4. The third-order valence-corrected chi connectivity index (χ3v) is 6.75. The van der Waals surface area contributed by atoms with E-state index in [1.54, 1.807) is 0 Å². The Bertz CT molecular complexity index is 1460. The quantitative estimate of drug-likeness (QED) is 0.295. The molecule has 1 aliphatic rings. The summed E-state index contributed by atoms with van der Waals surface area (Å²) in [6.45, 7) is 6.06. The Labute approximate surface area is 222 Å². The summed E-state index contributed by atoms with van der Waals surface area (Å²) in [6.07, 6.45) is -0.646. The third kappa shape index (κ3) is 5.21. The highest BCUT2D eigenvalue weighted by atomic mass is 16.5. The van der Waals surface area contributed by atoms with E-state index in [4.69, 9.17) is 9.47 Å². The molecule has 0 unspecified atom stereocenters. The predicted molar refractivity (Wildman–Crippen MR) is 148 cm³/mol. The average molecular weight is 510 g/mol. The van der Waals surface area contributed by atoms with Crippen LogP contribution in [0.3, 0.4) is 0 Å². The minimum atomic E-state index is -1.15. The second kappa shape index (κ2) is 10.2. The van der Waals surface area contributed by atoms with Crippen LogP contribution in [0.4, 0.5) is 4.79 Å². The van der Waals surface area contributed by atoms with Crippen molar-refractivity contribution in [3.05, 3.63) is 102 Å². The number of benzene rings is 4. The fraction of sp³-hybridized carbons (Fsp3) is 0.250. The van der Waals surface area contributed by atoms with Crippen molar-refractivity contribution < 1.29 is 24.2 Å². The average Bonchev–Trinajstić information content (AvgIpc) is 3.21. The fourth-order valence-electron chi connectivity index (χ4n) is 5.13. The van der Waals surface area contributed by atoms with Gasteiger partial charge in [0, 0.05) is 17.7 Å². The van der Waals surface area contributed by atoms with Gasteiger partial charge in [-0.15, -0.1) is 0 Å². The van der Waals surface area contributed by atoms with Crippen molar-refractivity contribution in [3.63, 3.8) is 0 Å². The lowest BCUT2D eigenvalue weighted by molar-refractivity contribution is -0.139. The molecule has 194 valence electrons. The summed E-state index contributed by atoms with van der Waals surface area (Å²) in [4.78, 5) is 24.9. The van der Waals surface area contributed by atoms with E-state index in [2.05, 4.69) is 17.4 Å². The first-order valence-corrected chi connectivity index (χ1v) is 12.8. The van der Waals surface area contributed by atoms with Gasteiger partial charge in [-0.05, 0) is 60.0 Å². The zero-order valence-electron chi connectivity index (χ0n) is 21.7.